The molecular formula is C22H42N6OS. The van der Waals surface area contributed by atoms with E-state index < -0.39 is 0 Å². The van der Waals surface area contributed by atoms with Crippen molar-refractivity contribution < 1.29 is 4.74 Å². The lowest BCUT2D eigenvalue weighted by Gasteiger charge is -2.27. The number of thioether (sulfide) groups is 1. The standard InChI is InChI=1S/C22H42N6OS/c1-6-23-20(25-17-22(13-15-29-4)11-7-8-12-22)24-14-9-10-19-26-27-21(30-5)28(19)16-18(2)3/h18H,6-17H2,1-5H3,(H2,23,24,25). The van der Waals surface area contributed by atoms with E-state index in [-0.39, 0.29) is 0 Å². The first-order valence-electron chi connectivity index (χ1n) is 11.5. The Morgan fingerprint density at radius 3 is 2.67 bits per heavy atom. The Kier molecular flexibility index (Phi) is 11.0. The smallest absolute Gasteiger partial charge is 0.191 e. The molecule has 8 heteroatoms. The molecule has 2 N–H and O–H groups in total. The Hall–Kier alpha value is -1.28. The third kappa shape index (κ3) is 7.76. The van der Waals surface area contributed by atoms with Gasteiger partial charge in [-0.05, 0) is 50.2 Å². The number of aromatic nitrogens is 3. The summed E-state index contributed by atoms with van der Waals surface area (Å²) in [7, 11) is 1.79. The minimum absolute atomic E-state index is 0.319. The number of rotatable bonds is 13. The van der Waals surface area contributed by atoms with E-state index in [0.29, 0.717) is 11.3 Å². The topological polar surface area (TPSA) is 76.4 Å². The molecule has 0 spiro atoms. The summed E-state index contributed by atoms with van der Waals surface area (Å²) >= 11 is 1.67. The molecule has 0 radical (unpaired) electrons. The van der Waals surface area contributed by atoms with E-state index in [4.69, 9.17) is 9.73 Å². The number of nitrogens with one attached hydrogen (secondary N) is 2. The summed E-state index contributed by atoms with van der Waals surface area (Å²) in [5, 5.41) is 16.7. The molecule has 172 valence electrons. The first-order chi connectivity index (χ1) is 14.5. The van der Waals surface area contributed by atoms with Gasteiger partial charge in [0.25, 0.3) is 0 Å². The van der Waals surface area contributed by atoms with Crippen molar-refractivity contribution in [2.75, 3.05) is 39.6 Å². The van der Waals surface area contributed by atoms with Crippen molar-refractivity contribution in [2.45, 2.75) is 77.4 Å². The minimum atomic E-state index is 0.319. The molecule has 7 nitrogen and oxygen atoms in total. The molecule has 1 aliphatic rings. The van der Waals surface area contributed by atoms with Gasteiger partial charge in [0.05, 0.1) is 0 Å². The summed E-state index contributed by atoms with van der Waals surface area (Å²) < 4.78 is 7.63. The van der Waals surface area contributed by atoms with Crippen molar-refractivity contribution in [3.05, 3.63) is 5.82 Å². The Labute approximate surface area is 187 Å². The second-order valence-electron chi connectivity index (χ2n) is 8.78. The van der Waals surface area contributed by atoms with Crippen LogP contribution in [0.2, 0.25) is 0 Å². The molecular weight excluding hydrogens is 396 g/mol. The summed E-state index contributed by atoms with van der Waals surface area (Å²) in [6, 6.07) is 0. The maximum Gasteiger partial charge on any atom is 0.191 e. The largest absolute Gasteiger partial charge is 0.385 e. The summed E-state index contributed by atoms with van der Waals surface area (Å²) in [5.74, 6) is 2.59. The Morgan fingerprint density at radius 2 is 2.03 bits per heavy atom. The van der Waals surface area contributed by atoms with Gasteiger partial charge in [-0.3, -0.25) is 4.99 Å². The van der Waals surface area contributed by atoms with E-state index in [9.17, 15) is 0 Å². The normalized spacial score (nSPS) is 16.4. The summed E-state index contributed by atoms with van der Waals surface area (Å²) in [6.07, 6.45) is 10.3. The number of methoxy groups -OCH3 is 1. The average Bonchev–Trinajstić information content (AvgIpc) is 3.35. The summed E-state index contributed by atoms with van der Waals surface area (Å²) in [4.78, 5) is 4.94. The van der Waals surface area contributed by atoms with E-state index in [0.717, 1.165) is 69.0 Å². The fourth-order valence-electron chi connectivity index (χ4n) is 4.18. The van der Waals surface area contributed by atoms with Gasteiger partial charge in [0.15, 0.2) is 11.1 Å². The van der Waals surface area contributed by atoms with Gasteiger partial charge in [-0.25, -0.2) is 0 Å². The van der Waals surface area contributed by atoms with Crippen LogP contribution in [0.4, 0.5) is 0 Å². The Bertz CT molecular complexity index is 640. The molecule has 0 unspecified atom stereocenters. The SMILES string of the molecule is CCNC(=NCC1(CCOC)CCCC1)NCCCc1nnc(SC)n1CC(C)C. The molecule has 1 fully saturated rings. The van der Waals surface area contributed by atoms with Gasteiger partial charge < -0.3 is 19.9 Å². The van der Waals surface area contributed by atoms with Crippen LogP contribution in [0.15, 0.2) is 10.1 Å². The van der Waals surface area contributed by atoms with Gasteiger partial charge >= 0.3 is 0 Å². The van der Waals surface area contributed by atoms with Crippen LogP contribution in [0.5, 0.6) is 0 Å². The van der Waals surface area contributed by atoms with Crippen LogP contribution in [0.1, 0.15) is 65.1 Å². The second kappa shape index (κ2) is 13.2. The number of aryl methyl sites for hydroxylation is 1. The summed E-state index contributed by atoms with van der Waals surface area (Å²) in [5.41, 5.74) is 0.319. The van der Waals surface area contributed by atoms with Crippen molar-refractivity contribution in [2.24, 2.45) is 16.3 Å². The lowest BCUT2D eigenvalue weighted by molar-refractivity contribution is 0.141. The Balaban J connectivity index is 1.87. The van der Waals surface area contributed by atoms with Gasteiger partial charge in [-0.1, -0.05) is 38.5 Å². The average molecular weight is 439 g/mol. The van der Waals surface area contributed by atoms with Crippen LogP contribution >= 0.6 is 11.8 Å². The van der Waals surface area contributed by atoms with Gasteiger partial charge in [0, 0.05) is 46.3 Å². The highest BCUT2D eigenvalue weighted by Crippen LogP contribution is 2.41. The first kappa shape index (κ1) is 25.0. The molecule has 1 saturated carbocycles. The van der Waals surface area contributed by atoms with E-state index in [2.05, 4.69) is 52.4 Å². The van der Waals surface area contributed by atoms with Crippen LogP contribution in [0.25, 0.3) is 0 Å². The zero-order valence-corrected chi connectivity index (χ0v) is 20.5. The molecule has 1 heterocycles. The fraction of sp³-hybridized carbons (Fsp3) is 0.864. The quantitative estimate of drug-likeness (QED) is 0.211. The van der Waals surface area contributed by atoms with Crippen molar-refractivity contribution in [1.29, 1.82) is 0 Å². The van der Waals surface area contributed by atoms with Gasteiger partial charge in [0.1, 0.15) is 5.82 Å². The van der Waals surface area contributed by atoms with E-state index in [1.807, 2.05) is 0 Å². The second-order valence-corrected chi connectivity index (χ2v) is 9.56. The predicted octanol–water partition coefficient (Wildman–Crippen LogP) is 3.74. The zero-order valence-electron chi connectivity index (χ0n) is 19.7. The highest BCUT2D eigenvalue weighted by atomic mass is 32.2. The van der Waals surface area contributed by atoms with Crippen LogP contribution < -0.4 is 10.6 Å². The summed E-state index contributed by atoms with van der Waals surface area (Å²) in [6.45, 7) is 11.0. The fourth-order valence-corrected chi connectivity index (χ4v) is 4.70. The number of hydrogen-bond donors (Lipinski definition) is 2. The predicted molar refractivity (Wildman–Crippen MR) is 126 cm³/mol. The first-order valence-corrected chi connectivity index (χ1v) is 12.7. The van der Waals surface area contributed by atoms with Crippen LogP contribution in [0.3, 0.4) is 0 Å². The lowest BCUT2D eigenvalue weighted by atomic mass is 9.83. The number of guanidine groups is 1. The van der Waals surface area contributed by atoms with E-state index in [1.165, 1.54) is 25.7 Å². The minimum Gasteiger partial charge on any atom is -0.385 e. The molecule has 0 saturated heterocycles. The molecule has 1 aliphatic carbocycles. The van der Waals surface area contributed by atoms with Crippen molar-refractivity contribution in [3.63, 3.8) is 0 Å². The lowest BCUT2D eigenvalue weighted by Crippen LogP contribution is -2.39. The van der Waals surface area contributed by atoms with Crippen molar-refractivity contribution >= 4 is 17.7 Å². The number of hydrogen-bond acceptors (Lipinski definition) is 5. The van der Waals surface area contributed by atoms with E-state index in [1.54, 1.807) is 18.9 Å². The maximum absolute atomic E-state index is 5.35. The van der Waals surface area contributed by atoms with E-state index >= 15 is 0 Å². The number of aliphatic imine (C=N–C) groups is 1. The molecule has 0 aromatic carbocycles. The highest BCUT2D eigenvalue weighted by Gasteiger charge is 2.33. The number of ether oxygens (including phenoxy) is 1. The molecule has 30 heavy (non-hydrogen) atoms. The van der Waals surface area contributed by atoms with Gasteiger partial charge in [-0.15, -0.1) is 10.2 Å². The van der Waals surface area contributed by atoms with Crippen LogP contribution in [-0.4, -0.2) is 60.3 Å². The van der Waals surface area contributed by atoms with Crippen molar-refractivity contribution in [1.82, 2.24) is 25.4 Å². The van der Waals surface area contributed by atoms with Crippen molar-refractivity contribution in [3.8, 4) is 0 Å². The van der Waals surface area contributed by atoms with Crippen LogP contribution in [0, 0.1) is 11.3 Å². The third-order valence-corrected chi connectivity index (χ3v) is 6.48. The monoisotopic (exact) mass is 438 g/mol. The maximum atomic E-state index is 5.35. The molecule has 0 atom stereocenters. The van der Waals surface area contributed by atoms with Gasteiger partial charge in [-0.2, -0.15) is 0 Å². The molecule has 2 rings (SSSR count). The Morgan fingerprint density at radius 1 is 1.27 bits per heavy atom. The highest BCUT2D eigenvalue weighted by molar-refractivity contribution is 7.98. The molecule has 1 aromatic heterocycles. The molecule has 0 bridgehead atoms. The molecule has 1 aromatic rings. The van der Waals surface area contributed by atoms with Crippen LogP contribution in [-0.2, 0) is 17.7 Å². The third-order valence-electron chi connectivity index (χ3n) is 5.81. The van der Waals surface area contributed by atoms with Gasteiger partial charge in [0.2, 0.25) is 0 Å². The number of nitrogens with zero attached hydrogens (tertiary/aromatic N) is 4. The zero-order chi connectivity index (χ0) is 21.8. The molecule has 0 aliphatic heterocycles. The molecule has 0 amide bonds.